The number of benzene rings is 2. The van der Waals surface area contributed by atoms with Gasteiger partial charge in [-0.25, -0.2) is 22.2 Å². The van der Waals surface area contributed by atoms with Gasteiger partial charge >= 0.3 is 0 Å². The van der Waals surface area contributed by atoms with Crippen LogP contribution in [0.2, 0.25) is 0 Å². The van der Waals surface area contributed by atoms with Crippen LogP contribution < -0.4 is 5.32 Å². The molecule has 0 saturated heterocycles. The van der Waals surface area contributed by atoms with Crippen molar-refractivity contribution in [3.63, 3.8) is 0 Å². The molecular formula is C17H12F2N2O3S2. The van der Waals surface area contributed by atoms with Crippen molar-refractivity contribution in [3.8, 4) is 11.3 Å². The van der Waals surface area contributed by atoms with Crippen molar-refractivity contribution < 1.29 is 22.0 Å². The third kappa shape index (κ3) is 3.94. The second-order valence-electron chi connectivity index (χ2n) is 5.42. The van der Waals surface area contributed by atoms with Crippen LogP contribution in [0, 0.1) is 11.6 Å². The largest absolute Gasteiger partial charge is 0.298 e. The minimum Gasteiger partial charge on any atom is -0.298 e. The second kappa shape index (κ2) is 6.93. The van der Waals surface area contributed by atoms with Crippen LogP contribution in [0.3, 0.4) is 0 Å². The third-order valence-corrected chi connectivity index (χ3v) is 5.33. The number of hydrogen-bond acceptors (Lipinski definition) is 5. The Bertz CT molecular complexity index is 1090. The highest BCUT2D eigenvalue weighted by atomic mass is 32.2. The highest BCUT2D eigenvalue weighted by Crippen LogP contribution is 2.26. The summed E-state index contributed by atoms with van der Waals surface area (Å²) in [6, 6.07) is 9.03. The molecule has 0 aliphatic rings. The Labute approximate surface area is 152 Å². The number of amides is 1. The number of halogens is 2. The van der Waals surface area contributed by atoms with Crippen molar-refractivity contribution in [3.05, 3.63) is 65.0 Å². The zero-order valence-electron chi connectivity index (χ0n) is 13.4. The number of anilines is 1. The number of sulfone groups is 1. The van der Waals surface area contributed by atoms with E-state index in [0.717, 1.165) is 29.7 Å². The van der Waals surface area contributed by atoms with E-state index in [4.69, 9.17) is 0 Å². The molecule has 0 spiro atoms. The zero-order chi connectivity index (χ0) is 18.9. The van der Waals surface area contributed by atoms with Crippen LogP contribution in [0.15, 0.2) is 52.7 Å². The van der Waals surface area contributed by atoms with Crippen molar-refractivity contribution >= 4 is 32.2 Å². The van der Waals surface area contributed by atoms with E-state index in [1.807, 2.05) is 0 Å². The molecule has 5 nitrogen and oxygen atoms in total. The summed E-state index contributed by atoms with van der Waals surface area (Å²) in [6.45, 7) is 0. The van der Waals surface area contributed by atoms with E-state index in [1.165, 1.54) is 30.3 Å². The maximum Gasteiger partial charge on any atom is 0.257 e. The normalized spacial score (nSPS) is 11.3. The molecule has 0 unspecified atom stereocenters. The highest BCUT2D eigenvalue weighted by molar-refractivity contribution is 7.90. The highest BCUT2D eigenvalue weighted by Gasteiger charge is 2.14. The Morgan fingerprint density at radius 1 is 1.12 bits per heavy atom. The molecule has 0 saturated carbocycles. The summed E-state index contributed by atoms with van der Waals surface area (Å²) in [7, 11) is -3.43. The molecule has 3 rings (SSSR count). The summed E-state index contributed by atoms with van der Waals surface area (Å²) < 4.78 is 49.5. The first-order valence-electron chi connectivity index (χ1n) is 7.26. The molecule has 0 radical (unpaired) electrons. The Morgan fingerprint density at radius 2 is 1.88 bits per heavy atom. The number of nitrogens with zero attached hydrogens (tertiary/aromatic N) is 1. The van der Waals surface area contributed by atoms with Crippen molar-refractivity contribution in [1.82, 2.24) is 4.98 Å². The minimum absolute atomic E-state index is 0.0340. The van der Waals surface area contributed by atoms with Crippen LogP contribution in [0.4, 0.5) is 13.9 Å². The first-order chi connectivity index (χ1) is 12.2. The second-order valence-corrected chi connectivity index (χ2v) is 8.29. The summed E-state index contributed by atoms with van der Waals surface area (Å²) in [5.41, 5.74) is 0.923. The number of aromatic nitrogens is 1. The minimum atomic E-state index is -3.43. The van der Waals surface area contributed by atoms with Gasteiger partial charge in [-0.05, 0) is 36.4 Å². The molecule has 2 aromatic carbocycles. The predicted octanol–water partition coefficient (Wildman–Crippen LogP) is 3.74. The van der Waals surface area contributed by atoms with Gasteiger partial charge in [0, 0.05) is 22.8 Å². The van der Waals surface area contributed by atoms with Crippen LogP contribution >= 0.6 is 11.3 Å². The first-order valence-corrected chi connectivity index (χ1v) is 10.0. The van der Waals surface area contributed by atoms with Gasteiger partial charge < -0.3 is 0 Å². The Morgan fingerprint density at radius 3 is 2.58 bits per heavy atom. The van der Waals surface area contributed by atoms with Crippen molar-refractivity contribution in [2.75, 3.05) is 11.6 Å². The fourth-order valence-corrected chi connectivity index (χ4v) is 3.54. The SMILES string of the molecule is CS(=O)(=O)c1cccc(C(=O)Nc2nc(-c3ccc(F)c(F)c3)cs2)c1. The molecular weight excluding hydrogens is 382 g/mol. The van der Waals surface area contributed by atoms with Crippen LogP contribution in [-0.2, 0) is 9.84 Å². The van der Waals surface area contributed by atoms with Gasteiger partial charge in [-0.3, -0.25) is 10.1 Å². The van der Waals surface area contributed by atoms with E-state index >= 15 is 0 Å². The van der Waals surface area contributed by atoms with E-state index < -0.39 is 27.4 Å². The zero-order valence-corrected chi connectivity index (χ0v) is 15.0. The number of carbonyl (C=O) groups excluding carboxylic acids is 1. The van der Waals surface area contributed by atoms with Gasteiger partial charge in [-0.15, -0.1) is 11.3 Å². The van der Waals surface area contributed by atoms with Gasteiger partial charge in [-0.2, -0.15) is 0 Å². The molecule has 26 heavy (non-hydrogen) atoms. The monoisotopic (exact) mass is 394 g/mol. The fourth-order valence-electron chi connectivity index (χ4n) is 2.16. The predicted molar refractivity (Wildman–Crippen MR) is 95.0 cm³/mol. The van der Waals surface area contributed by atoms with E-state index in [9.17, 15) is 22.0 Å². The summed E-state index contributed by atoms with van der Waals surface area (Å²) in [5, 5.41) is 4.40. The first kappa shape index (κ1) is 18.2. The lowest BCUT2D eigenvalue weighted by atomic mass is 10.2. The van der Waals surface area contributed by atoms with Gasteiger partial charge in [0.2, 0.25) is 0 Å². The van der Waals surface area contributed by atoms with Gasteiger partial charge in [0.05, 0.1) is 10.6 Å². The van der Waals surface area contributed by atoms with Gasteiger partial charge in [-0.1, -0.05) is 6.07 Å². The van der Waals surface area contributed by atoms with Crippen molar-refractivity contribution in [2.24, 2.45) is 0 Å². The molecule has 1 amide bonds. The lowest BCUT2D eigenvalue weighted by molar-refractivity contribution is 0.102. The average molecular weight is 394 g/mol. The van der Waals surface area contributed by atoms with Gasteiger partial charge in [0.15, 0.2) is 26.6 Å². The van der Waals surface area contributed by atoms with Crippen LogP contribution in [0.5, 0.6) is 0 Å². The van der Waals surface area contributed by atoms with E-state index in [1.54, 1.807) is 5.38 Å². The quantitative estimate of drug-likeness (QED) is 0.731. The molecule has 0 bridgehead atoms. The lowest BCUT2D eigenvalue weighted by Gasteiger charge is -2.04. The molecule has 0 fully saturated rings. The van der Waals surface area contributed by atoms with Crippen LogP contribution in [0.1, 0.15) is 10.4 Å². The number of rotatable bonds is 4. The Hall–Kier alpha value is -2.65. The number of nitrogens with one attached hydrogen (secondary N) is 1. The topological polar surface area (TPSA) is 76.1 Å². The van der Waals surface area contributed by atoms with E-state index in [0.29, 0.717) is 11.3 Å². The smallest absolute Gasteiger partial charge is 0.257 e. The Kier molecular flexibility index (Phi) is 4.84. The summed E-state index contributed by atoms with van der Waals surface area (Å²) in [6.07, 6.45) is 1.05. The molecule has 0 aliphatic heterocycles. The summed E-state index contributed by atoms with van der Waals surface area (Å²) in [4.78, 5) is 16.5. The molecule has 0 atom stereocenters. The molecule has 1 N–H and O–H groups in total. The van der Waals surface area contributed by atoms with Gasteiger partial charge in [0.1, 0.15) is 0 Å². The van der Waals surface area contributed by atoms with Crippen LogP contribution in [-0.4, -0.2) is 25.6 Å². The van der Waals surface area contributed by atoms with Crippen molar-refractivity contribution in [2.45, 2.75) is 4.90 Å². The molecule has 1 heterocycles. The van der Waals surface area contributed by atoms with Gasteiger partial charge in [0.25, 0.3) is 5.91 Å². The standard InChI is InChI=1S/C17H12F2N2O3S2/c1-26(23,24)12-4-2-3-11(7-12)16(22)21-17-20-15(9-25-17)10-5-6-13(18)14(19)8-10/h2-9H,1H3,(H,20,21,22). The average Bonchev–Trinajstić information content (AvgIpc) is 3.05. The number of hydrogen-bond donors (Lipinski definition) is 1. The molecule has 1 aromatic heterocycles. The molecule has 3 aromatic rings. The molecule has 9 heteroatoms. The summed E-state index contributed by atoms with van der Waals surface area (Å²) >= 11 is 1.11. The lowest BCUT2D eigenvalue weighted by Crippen LogP contribution is -2.12. The Balaban J connectivity index is 1.81. The van der Waals surface area contributed by atoms with E-state index in [-0.39, 0.29) is 15.6 Å². The maximum atomic E-state index is 13.3. The number of carbonyl (C=O) groups is 1. The van der Waals surface area contributed by atoms with E-state index in [2.05, 4.69) is 10.3 Å². The van der Waals surface area contributed by atoms with Crippen LogP contribution in [0.25, 0.3) is 11.3 Å². The fraction of sp³-hybridized carbons (Fsp3) is 0.0588. The maximum absolute atomic E-state index is 13.3. The third-order valence-electron chi connectivity index (χ3n) is 3.46. The molecule has 134 valence electrons. The molecule has 0 aliphatic carbocycles. The van der Waals surface area contributed by atoms with Crippen molar-refractivity contribution in [1.29, 1.82) is 0 Å². The number of thiazole rings is 1. The summed E-state index contributed by atoms with van der Waals surface area (Å²) in [5.74, 6) is -2.47.